The predicted molar refractivity (Wildman–Crippen MR) is 145 cm³/mol. The van der Waals surface area contributed by atoms with Gasteiger partial charge in [-0.25, -0.2) is 14.8 Å². The van der Waals surface area contributed by atoms with E-state index in [1.807, 2.05) is 47.4 Å². The molecule has 4 heterocycles. The zero-order chi connectivity index (χ0) is 24.5. The number of thiophene rings is 1. The quantitative estimate of drug-likeness (QED) is 0.547. The molecule has 3 aromatic rings. The van der Waals surface area contributed by atoms with Crippen LogP contribution in [-0.4, -0.2) is 65.1 Å². The second-order valence-electron chi connectivity index (χ2n) is 10.1. The third-order valence-corrected chi connectivity index (χ3v) is 8.12. The van der Waals surface area contributed by atoms with Crippen molar-refractivity contribution in [1.29, 1.82) is 0 Å². The molecule has 1 aromatic carbocycles. The Balaban J connectivity index is 1.37. The van der Waals surface area contributed by atoms with Gasteiger partial charge in [-0.2, -0.15) is 0 Å². The van der Waals surface area contributed by atoms with Gasteiger partial charge in [0.1, 0.15) is 16.5 Å². The van der Waals surface area contributed by atoms with Gasteiger partial charge >= 0.3 is 6.03 Å². The largest absolute Gasteiger partial charge is 0.352 e. The van der Waals surface area contributed by atoms with Crippen LogP contribution in [0.15, 0.2) is 24.3 Å². The van der Waals surface area contributed by atoms with Crippen LogP contribution in [0.25, 0.3) is 10.2 Å². The number of carbonyl (C=O) groups excluding carboxylic acids is 1. The maximum Gasteiger partial charge on any atom is 0.321 e. The summed E-state index contributed by atoms with van der Waals surface area (Å²) < 4.78 is 0. The van der Waals surface area contributed by atoms with Crippen molar-refractivity contribution in [2.24, 2.45) is 5.92 Å². The van der Waals surface area contributed by atoms with E-state index in [0.717, 1.165) is 67.7 Å². The minimum absolute atomic E-state index is 0.0330. The van der Waals surface area contributed by atoms with Crippen molar-refractivity contribution in [3.63, 3.8) is 0 Å². The van der Waals surface area contributed by atoms with Crippen molar-refractivity contribution in [3.8, 4) is 0 Å². The lowest BCUT2D eigenvalue weighted by molar-refractivity contribution is 0.208. The van der Waals surface area contributed by atoms with Gasteiger partial charge in [-0.3, -0.25) is 4.90 Å². The standard InChI is InChI=1S/C27H36N6OS/c1-5-31-11-10-21-22(17-31)35-26-24(21)25(29-23(30-26)16-18(2)3)32-12-14-33(15-13-32)27(34)28-20-8-6-19(4)7-9-20/h6-9,18H,5,10-17H2,1-4H3,(H,28,34). The van der Waals surface area contributed by atoms with Gasteiger partial charge in [0.15, 0.2) is 0 Å². The lowest BCUT2D eigenvalue weighted by Gasteiger charge is -2.36. The molecule has 0 saturated carbocycles. The highest BCUT2D eigenvalue weighted by Gasteiger charge is 2.28. The van der Waals surface area contributed by atoms with Crippen LogP contribution in [0, 0.1) is 12.8 Å². The molecule has 2 aliphatic rings. The summed E-state index contributed by atoms with van der Waals surface area (Å²) in [4.78, 5) is 32.4. The molecular weight excluding hydrogens is 456 g/mol. The van der Waals surface area contributed by atoms with Crippen LogP contribution in [0.2, 0.25) is 0 Å². The molecule has 1 N–H and O–H groups in total. The van der Waals surface area contributed by atoms with E-state index in [0.29, 0.717) is 19.0 Å². The SMILES string of the molecule is CCN1CCc2c(sc3nc(CC(C)C)nc(N4CCN(C(=O)Nc5ccc(C)cc5)CC4)c23)C1. The number of carbonyl (C=O) groups is 1. The van der Waals surface area contributed by atoms with Gasteiger partial charge in [0.05, 0.1) is 5.39 Å². The number of hydrogen-bond acceptors (Lipinski definition) is 6. The molecule has 2 aromatic heterocycles. The smallest absolute Gasteiger partial charge is 0.321 e. The molecule has 0 radical (unpaired) electrons. The number of aryl methyl sites for hydroxylation is 1. The number of amides is 2. The minimum atomic E-state index is -0.0330. The van der Waals surface area contributed by atoms with Crippen LogP contribution in [0.3, 0.4) is 0 Å². The Morgan fingerprint density at radius 3 is 2.51 bits per heavy atom. The number of hydrogen-bond donors (Lipinski definition) is 1. The molecule has 1 saturated heterocycles. The molecule has 2 amide bonds. The molecule has 0 atom stereocenters. The molecular formula is C27H36N6OS. The van der Waals surface area contributed by atoms with E-state index in [-0.39, 0.29) is 6.03 Å². The number of urea groups is 1. The molecule has 0 aliphatic carbocycles. The van der Waals surface area contributed by atoms with Crippen molar-refractivity contribution in [2.45, 2.75) is 47.1 Å². The topological polar surface area (TPSA) is 64.6 Å². The molecule has 2 aliphatic heterocycles. The lowest BCUT2D eigenvalue weighted by atomic mass is 10.0. The van der Waals surface area contributed by atoms with E-state index in [1.54, 1.807) is 0 Å². The van der Waals surface area contributed by atoms with Gasteiger partial charge in [0, 0.05) is 56.3 Å². The molecule has 186 valence electrons. The average Bonchev–Trinajstić information content (AvgIpc) is 3.22. The zero-order valence-electron chi connectivity index (χ0n) is 21.3. The van der Waals surface area contributed by atoms with E-state index in [2.05, 4.69) is 35.9 Å². The van der Waals surface area contributed by atoms with Crippen molar-refractivity contribution in [2.75, 3.05) is 49.5 Å². The number of aromatic nitrogens is 2. The van der Waals surface area contributed by atoms with E-state index in [9.17, 15) is 4.79 Å². The van der Waals surface area contributed by atoms with Crippen LogP contribution >= 0.6 is 11.3 Å². The number of fused-ring (bicyclic) bond motifs is 3. The number of rotatable bonds is 5. The van der Waals surface area contributed by atoms with E-state index in [1.165, 1.54) is 21.4 Å². The van der Waals surface area contributed by atoms with Crippen LogP contribution in [0.5, 0.6) is 0 Å². The summed E-state index contributed by atoms with van der Waals surface area (Å²) in [6.07, 6.45) is 1.94. The Kier molecular flexibility index (Phi) is 6.93. The van der Waals surface area contributed by atoms with E-state index < -0.39 is 0 Å². The maximum atomic E-state index is 12.9. The third-order valence-electron chi connectivity index (χ3n) is 7.01. The number of nitrogens with one attached hydrogen (secondary N) is 1. The second kappa shape index (κ2) is 10.1. The van der Waals surface area contributed by atoms with Crippen LogP contribution in [0.4, 0.5) is 16.3 Å². The average molecular weight is 493 g/mol. The first-order valence-electron chi connectivity index (χ1n) is 12.8. The highest BCUT2D eigenvalue weighted by molar-refractivity contribution is 7.19. The second-order valence-corrected chi connectivity index (χ2v) is 11.2. The Bertz CT molecular complexity index is 1200. The molecule has 8 heteroatoms. The molecule has 0 bridgehead atoms. The fourth-order valence-electron chi connectivity index (χ4n) is 4.99. The highest BCUT2D eigenvalue weighted by Crippen LogP contribution is 2.39. The molecule has 7 nitrogen and oxygen atoms in total. The van der Waals surface area contributed by atoms with Crippen LogP contribution in [-0.2, 0) is 19.4 Å². The van der Waals surface area contributed by atoms with Crippen LogP contribution < -0.4 is 10.2 Å². The summed E-state index contributed by atoms with van der Waals surface area (Å²) >= 11 is 1.85. The molecule has 0 unspecified atom stereocenters. The highest BCUT2D eigenvalue weighted by atomic mass is 32.1. The monoisotopic (exact) mass is 492 g/mol. The first kappa shape index (κ1) is 24.0. The normalized spacial score (nSPS) is 16.7. The molecule has 0 spiro atoms. The number of nitrogens with zero attached hydrogens (tertiary/aromatic N) is 5. The Morgan fingerprint density at radius 2 is 1.83 bits per heavy atom. The summed E-state index contributed by atoms with van der Waals surface area (Å²) in [5, 5.41) is 4.30. The van der Waals surface area contributed by atoms with E-state index in [4.69, 9.17) is 9.97 Å². The van der Waals surface area contributed by atoms with Crippen LogP contribution in [0.1, 0.15) is 42.6 Å². The first-order chi connectivity index (χ1) is 16.9. The summed E-state index contributed by atoms with van der Waals surface area (Å²) in [5.41, 5.74) is 3.47. The van der Waals surface area contributed by atoms with Gasteiger partial charge in [0.25, 0.3) is 0 Å². The Morgan fingerprint density at radius 1 is 1.09 bits per heavy atom. The van der Waals surface area contributed by atoms with Gasteiger partial charge in [-0.15, -0.1) is 11.3 Å². The van der Waals surface area contributed by atoms with Gasteiger partial charge in [-0.05, 0) is 43.5 Å². The summed E-state index contributed by atoms with van der Waals surface area (Å²) in [5.74, 6) is 2.52. The third kappa shape index (κ3) is 5.14. The zero-order valence-corrected chi connectivity index (χ0v) is 22.1. The Hall–Kier alpha value is -2.71. The summed E-state index contributed by atoms with van der Waals surface area (Å²) in [7, 11) is 0. The molecule has 35 heavy (non-hydrogen) atoms. The molecule has 1 fully saturated rings. The minimum Gasteiger partial charge on any atom is -0.352 e. The Labute approximate surface area is 212 Å². The van der Waals surface area contributed by atoms with Gasteiger partial charge < -0.3 is 15.1 Å². The molecule has 5 rings (SSSR count). The van der Waals surface area contributed by atoms with Gasteiger partial charge in [0.2, 0.25) is 0 Å². The van der Waals surface area contributed by atoms with Crippen molar-refractivity contribution in [3.05, 3.63) is 46.1 Å². The maximum absolute atomic E-state index is 12.9. The summed E-state index contributed by atoms with van der Waals surface area (Å²) in [6, 6.07) is 7.91. The summed E-state index contributed by atoms with van der Waals surface area (Å²) in [6.45, 7) is 14.8. The number of likely N-dealkylation sites (N-methyl/N-ethyl adjacent to an activating group) is 1. The number of anilines is 2. The number of benzene rings is 1. The van der Waals surface area contributed by atoms with Gasteiger partial charge in [-0.1, -0.05) is 38.5 Å². The lowest BCUT2D eigenvalue weighted by Crippen LogP contribution is -2.50. The predicted octanol–water partition coefficient (Wildman–Crippen LogP) is 4.93. The fourth-order valence-corrected chi connectivity index (χ4v) is 6.26. The van der Waals surface area contributed by atoms with Crippen molar-refractivity contribution in [1.82, 2.24) is 19.8 Å². The first-order valence-corrected chi connectivity index (χ1v) is 13.6. The fraction of sp³-hybridized carbons (Fsp3) is 0.519. The van der Waals surface area contributed by atoms with E-state index >= 15 is 0 Å². The number of piperazine rings is 1. The van der Waals surface area contributed by atoms with Crippen molar-refractivity contribution < 1.29 is 4.79 Å². The van der Waals surface area contributed by atoms with Crippen molar-refractivity contribution >= 4 is 39.1 Å².